The smallest absolute Gasteiger partial charge is 0.220 e. The van der Waals surface area contributed by atoms with Crippen LogP contribution in [-0.2, 0) is 4.74 Å². The normalized spacial score (nSPS) is 19.7. The summed E-state index contributed by atoms with van der Waals surface area (Å²) in [4.78, 5) is 4.49. The van der Waals surface area contributed by atoms with E-state index in [1.165, 1.54) is 0 Å². The molecular formula is C13H17NO2. The first-order valence-electron chi connectivity index (χ1n) is 5.66. The summed E-state index contributed by atoms with van der Waals surface area (Å²) in [5, 5.41) is 9.68. The maximum absolute atomic E-state index is 9.68. The van der Waals surface area contributed by atoms with Gasteiger partial charge in [0, 0.05) is 0 Å². The fraction of sp³-hybridized carbons (Fsp3) is 0.462. The summed E-state index contributed by atoms with van der Waals surface area (Å²) in [7, 11) is 0. The number of aliphatic imine (C=N–C) groups is 1. The van der Waals surface area contributed by atoms with E-state index in [4.69, 9.17) is 4.74 Å². The van der Waals surface area contributed by atoms with Crippen molar-refractivity contribution in [2.45, 2.75) is 26.3 Å². The van der Waals surface area contributed by atoms with E-state index in [2.05, 4.69) is 18.8 Å². The van der Waals surface area contributed by atoms with Crippen LogP contribution in [0, 0.1) is 5.92 Å². The van der Waals surface area contributed by atoms with Gasteiger partial charge in [0.1, 0.15) is 12.4 Å². The molecule has 1 atom stereocenters. The molecule has 0 aliphatic carbocycles. The molecule has 1 unspecified atom stereocenters. The number of benzene rings is 1. The van der Waals surface area contributed by atoms with Crippen molar-refractivity contribution < 1.29 is 9.84 Å². The molecule has 0 radical (unpaired) electrons. The Morgan fingerprint density at radius 1 is 1.44 bits per heavy atom. The highest BCUT2D eigenvalue weighted by molar-refractivity contribution is 5.97. The Morgan fingerprint density at radius 2 is 2.19 bits per heavy atom. The maximum Gasteiger partial charge on any atom is 0.220 e. The predicted octanol–water partition coefficient (Wildman–Crippen LogP) is 2.58. The Kier molecular flexibility index (Phi) is 3.13. The van der Waals surface area contributed by atoms with Crippen molar-refractivity contribution >= 4 is 5.90 Å². The lowest BCUT2D eigenvalue weighted by Gasteiger charge is -2.06. The number of hydrogen-bond donors (Lipinski definition) is 1. The number of hydrogen-bond acceptors (Lipinski definition) is 3. The second-order valence-corrected chi connectivity index (χ2v) is 4.55. The highest BCUT2D eigenvalue weighted by Gasteiger charge is 2.22. The van der Waals surface area contributed by atoms with Gasteiger partial charge in [-0.3, -0.25) is 0 Å². The molecule has 3 heteroatoms. The topological polar surface area (TPSA) is 41.8 Å². The molecular weight excluding hydrogens is 202 g/mol. The Labute approximate surface area is 95.8 Å². The molecule has 2 rings (SSSR count). The van der Waals surface area contributed by atoms with Gasteiger partial charge in [0.15, 0.2) is 0 Å². The molecule has 0 saturated heterocycles. The monoisotopic (exact) mass is 219 g/mol. The zero-order valence-electron chi connectivity index (χ0n) is 9.68. The van der Waals surface area contributed by atoms with Crippen LogP contribution in [0.1, 0.15) is 25.8 Å². The average Bonchev–Trinajstić information content (AvgIpc) is 2.66. The van der Waals surface area contributed by atoms with Gasteiger partial charge in [-0.1, -0.05) is 26.0 Å². The van der Waals surface area contributed by atoms with Crippen molar-refractivity contribution in [2.24, 2.45) is 10.9 Å². The number of nitrogens with zero attached hydrogens (tertiary/aromatic N) is 1. The molecule has 1 aliphatic rings. The molecule has 1 aromatic carbocycles. The molecule has 0 amide bonds. The fourth-order valence-electron chi connectivity index (χ4n) is 1.88. The van der Waals surface area contributed by atoms with Gasteiger partial charge in [-0.15, -0.1) is 0 Å². The van der Waals surface area contributed by atoms with E-state index in [-0.39, 0.29) is 11.8 Å². The summed E-state index contributed by atoms with van der Waals surface area (Å²) in [5.41, 5.74) is 0.689. The van der Waals surface area contributed by atoms with E-state index >= 15 is 0 Å². The van der Waals surface area contributed by atoms with Crippen molar-refractivity contribution in [3.8, 4) is 5.75 Å². The van der Waals surface area contributed by atoms with E-state index in [0.717, 1.165) is 6.42 Å². The third-order valence-electron chi connectivity index (χ3n) is 2.59. The quantitative estimate of drug-likeness (QED) is 0.849. The van der Waals surface area contributed by atoms with Crippen molar-refractivity contribution in [1.82, 2.24) is 0 Å². The molecule has 0 fully saturated rings. The van der Waals surface area contributed by atoms with E-state index < -0.39 is 0 Å². The van der Waals surface area contributed by atoms with E-state index in [9.17, 15) is 5.11 Å². The Morgan fingerprint density at radius 3 is 2.88 bits per heavy atom. The number of rotatable bonds is 3. The van der Waals surface area contributed by atoms with Gasteiger partial charge in [0.25, 0.3) is 0 Å². The average molecular weight is 219 g/mol. The minimum atomic E-state index is 0.228. The Hall–Kier alpha value is -1.51. The second kappa shape index (κ2) is 4.56. The van der Waals surface area contributed by atoms with Gasteiger partial charge >= 0.3 is 0 Å². The van der Waals surface area contributed by atoms with Crippen LogP contribution in [0.2, 0.25) is 0 Å². The molecule has 1 aromatic rings. The van der Waals surface area contributed by atoms with Crippen LogP contribution < -0.4 is 0 Å². The highest BCUT2D eigenvalue weighted by Crippen LogP contribution is 2.22. The number of phenolic OH excluding ortho intramolecular Hbond substituents is 1. The summed E-state index contributed by atoms with van der Waals surface area (Å²) in [5.74, 6) is 1.41. The summed E-state index contributed by atoms with van der Waals surface area (Å²) in [6.07, 6.45) is 1.02. The molecule has 1 N–H and O–H groups in total. The molecule has 0 bridgehead atoms. The number of ether oxygens (including phenoxy) is 1. The lowest BCUT2D eigenvalue weighted by molar-refractivity contribution is 0.300. The van der Waals surface area contributed by atoms with Crippen molar-refractivity contribution in [3.05, 3.63) is 29.8 Å². The molecule has 0 saturated carbocycles. The maximum atomic E-state index is 9.68. The minimum absolute atomic E-state index is 0.228. The zero-order chi connectivity index (χ0) is 11.5. The Balaban J connectivity index is 2.15. The van der Waals surface area contributed by atoms with Crippen LogP contribution in [0.4, 0.5) is 0 Å². The van der Waals surface area contributed by atoms with Gasteiger partial charge in [-0.05, 0) is 24.5 Å². The molecule has 1 heterocycles. The third kappa shape index (κ3) is 2.35. The SMILES string of the molecule is CC(C)CC1COC(c2ccccc2O)=N1. The molecule has 1 aliphatic heterocycles. The summed E-state index contributed by atoms with van der Waals surface area (Å²) in [6.45, 7) is 4.98. The second-order valence-electron chi connectivity index (χ2n) is 4.55. The first-order valence-corrected chi connectivity index (χ1v) is 5.66. The van der Waals surface area contributed by atoms with E-state index in [0.29, 0.717) is 24.0 Å². The first-order chi connectivity index (χ1) is 7.66. The van der Waals surface area contributed by atoms with E-state index in [1.807, 2.05) is 12.1 Å². The lowest BCUT2D eigenvalue weighted by atomic mass is 10.1. The number of phenols is 1. The lowest BCUT2D eigenvalue weighted by Crippen LogP contribution is -2.09. The molecule has 0 spiro atoms. The number of para-hydroxylation sites is 1. The van der Waals surface area contributed by atoms with Gasteiger partial charge in [0.2, 0.25) is 5.90 Å². The van der Waals surface area contributed by atoms with Crippen LogP contribution in [0.3, 0.4) is 0 Å². The zero-order valence-corrected chi connectivity index (χ0v) is 9.68. The molecule has 0 aromatic heterocycles. The van der Waals surface area contributed by atoms with Gasteiger partial charge in [-0.2, -0.15) is 0 Å². The molecule has 16 heavy (non-hydrogen) atoms. The van der Waals surface area contributed by atoms with Gasteiger partial charge in [0.05, 0.1) is 11.6 Å². The summed E-state index contributed by atoms with van der Waals surface area (Å²) in [6, 6.07) is 7.37. The van der Waals surface area contributed by atoms with Crippen LogP contribution >= 0.6 is 0 Å². The van der Waals surface area contributed by atoms with Crippen LogP contribution in [0.15, 0.2) is 29.3 Å². The standard InChI is InChI=1S/C13H17NO2/c1-9(2)7-10-8-16-13(14-10)11-5-3-4-6-12(11)15/h3-6,9-10,15H,7-8H2,1-2H3. The van der Waals surface area contributed by atoms with Gasteiger partial charge in [-0.25, -0.2) is 4.99 Å². The minimum Gasteiger partial charge on any atom is -0.507 e. The third-order valence-corrected chi connectivity index (χ3v) is 2.59. The predicted molar refractivity (Wildman–Crippen MR) is 63.8 cm³/mol. The highest BCUT2D eigenvalue weighted by atomic mass is 16.5. The first kappa shape index (κ1) is 11.0. The van der Waals surface area contributed by atoms with E-state index in [1.54, 1.807) is 12.1 Å². The molecule has 86 valence electrons. The largest absolute Gasteiger partial charge is 0.507 e. The fourth-order valence-corrected chi connectivity index (χ4v) is 1.88. The molecule has 3 nitrogen and oxygen atoms in total. The van der Waals surface area contributed by atoms with Gasteiger partial charge < -0.3 is 9.84 Å². The Bertz CT molecular complexity index is 399. The van der Waals surface area contributed by atoms with Crippen LogP contribution in [0.25, 0.3) is 0 Å². The summed E-state index contributed by atoms with van der Waals surface area (Å²) >= 11 is 0. The number of aromatic hydroxyl groups is 1. The van der Waals surface area contributed by atoms with Crippen molar-refractivity contribution in [2.75, 3.05) is 6.61 Å². The van der Waals surface area contributed by atoms with Crippen LogP contribution in [0.5, 0.6) is 5.75 Å². The van der Waals surface area contributed by atoms with Crippen molar-refractivity contribution in [3.63, 3.8) is 0 Å². The van der Waals surface area contributed by atoms with Crippen LogP contribution in [-0.4, -0.2) is 23.7 Å². The summed E-state index contributed by atoms with van der Waals surface area (Å²) < 4.78 is 5.52. The van der Waals surface area contributed by atoms with Crippen molar-refractivity contribution in [1.29, 1.82) is 0 Å².